The van der Waals surface area contributed by atoms with Gasteiger partial charge in [0.05, 0.1) is 18.6 Å². The van der Waals surface area contributed by atoms with Gasteiger partial charge < -0.3 is 9.88 Å². The lowest BCUT2D eigenvalue weighted by Crippen LogP contribution is -2.51. The lowest BCUT2D eigenvalue weighted by atomic mass is 9.83. The van der Waals surface area contributed by atoms with Crippen molar-refractivity contribution in [3.63, 3.8) is 0 Å². The van der Waals surface area contributed by atoms with Gasteiger partial charge in [0.15, 0.2) is 0 Å². The molecule has 1 saturated heterocycles. The summed E-state index contributed by atoms with van der Waals surface area (Å²) < 4.78 is 31.4. The van der Waals surface area contributed by atoms with Gasteiger partial charge in [0.1, 0.15) is 0 Å². The fraction of sp³-hybridized carbons (Fsp3) is 0.667. The van der Waals surface area contributed by atoms with Crippen LogP contribution in [0, 0.1) is 11.3 Å². The number of fused-ring (bicyclic) bond motifs is 1. The minimum absolute atomic E-state index is 0.124. The summed E-state index contributed by atoms with van der Waals surface area (Å²) in [4.78, 5) is 9.93. The van der Waals surface area contributed by atoms with E-state index in [9.17, 15) is 8.42 Å². The first kappa shape index (κ1) is 24.8. The summed E-state index contributed by atoms with van der Waals surface area (Å²) >= 11 is 0. The van der Waals surface area contributed by atoms with Crippen molar-refractivity contribution in [3.8, 4) is 0 Å². The van der Waals surface area contributed by atoms with Crippen LogP contribution in [0.5, 0.6) is 0 Å². The second-order valence-corrected chi connectivity index (χ2v) is 13.5. The molecule has 2 aliphatic heterocycles. The Kier molecular flexibility index (Phi) is 7.24. The maximum Gasteiger partial charge on any atom is 0.282 e. The lowest BCUT2D eigenvalue weighted by molar-refractivity contribution is 0.185. The van der Waals surface area contributed by atoms with E-state index in [-0.39, 0.29) is 11.5 Å². The molecular formula is C27H41N5O2S. The summed E-state index contributed by atoms with van der Waals surface area (Å²) in [7, 11) is -3.54. The minimum atomic E-state index is -3.54. The molecule has 1 aromatic heterocycles. The van der Waals surface area contributed by atoms with Crippen molar-refractivity contribution in [1.82, 2.24) is 18.6 Å². The third-order valence-electron chi connectivity index (χ3n) is 8.51. The molecule has 1 N–H and O–H groups in total. The van der Waals surface area contributed by atoms with Crippen LogP contribution in [0.25, 0.3) is 0 Å². The Balaban J connectivity index is 1.45. The molecule has 1 saturated carbocycles. The number of para-hydroxylation sites is 1. The number of nitrogens with zero attached hydrogens (tertiary/aromatic N) is 4. The molecule has 3 aliphatic rings. The van der Waals surface area contributed by atoms with Gasteiger partial charge in [0.25, 0.3) is 10.2 Å². The van der Waals surface area contributed by atoms with E-state index in [1.807, 2.05) is 12.3 Å². The van der Waals surface area contributed by atoms with E-state index in [0.717, 1.165) is 48.5 Å². The highest BCUT2D eigenvalue weighted by Crippen LogP contribution is 2.37. The Labute approximate surface area is 211 Å². The van der Waals surface area contributed by atoms with E-state index < -0.39 is 10.2 Å². The predicted octanol–water partition coefficient (Wildman–Crippen LogP) is 4.94. The highest BCUT2D eigenvalue weighted by Gasteiger charge is 2.39. The molecule has 1 aromatic carbocycles. The number of aromatic amines is 1. The van der Waals surface area contributed by atoms with Crippen molar-refractivity contribution in [2.24, 2.45) is 11.3 Å². The molecular weight excluding hydrogens is 458 g/mol. The molecule has 3 heterocycles. The van der Waals surface area contributed by atoms with Gasteiger partial charge in [-0.3, -0.25) is 0 Å². The second kappa shape index (κ2) is 10.2. The van der Waals surface area contributed by atoms with Gasteiger partial charge in [-0.1, -0.05) is 57.7 Å². The zero-order valence-corrected chi connectivity index (χ0v) is 22.1. The van der Waals surface area contributed by atoms with Gasteiger partial charge in [0, 0.05) is 44.1 Å². The van der Waals surface area contributed by atoms with E-state index in [2.05, 4.69) is 46.9 Å². The van der Waals surface area contributed by atoms with E-state index in [1.165, 1.54) is 25.7 Å². The summed E-state index contributed by atoms with van der Waals surface area (Å²) in [5.74, 6) is 0.775. The molecule has 1 atom stereocenters. The SMILES string of the molecule is CC1(C)CCN(S(=O)(=O)N2Cc3ccccc3N(Cc3cnc[nH]3)[C@H](CCC3CCCC3)C2)CC1. The zero-order chi connectivity index (χ0) is 24.5. The molecule has 0 bridgehead atoms. The number of benzene rings is 1. The molecule has 0 spiro atoms. The number of hydrogen-bond donors (Lipinski definition) is 1. The van der Waals surface area contributed by atoms with Crippen LogP contribution < -0.4 is 4.90 Å². The van der Waals surface area contributed by atoms with Crippen LogP contribution in [0.4, 0.5) is 5.69 Å². The first-order valence-electron chi connectivity index (χ1n) is 13.4. The Morgan fingerprint density at radius 2 is 1.80 bits per heavy atom. The van der Waals surface area contributed by atoms with Crippen LogP contribution in [-0.4, -0.2) is 52.7 Å². The minimum Gasteiger partial charge on any atom is -0.361 e. The van der Waals surface area contributed by atoms with Crippen molar-refractivity contribution in [2.75, 3.05) is 24.5 Å². The number of nitrogens with one attached hydrogen (secondary N) is 1. The normalized spacial score (nSPS) is 24.4. The first-order chi connectivity index (χ1) is 16.8. The Morgan fingerprint density at radius 1 is 1.06 bits per heavy atom. The smallest absolute Gasteiger partial charge is 0.282 e. The number of hydrogen-bond acceptors (Lipinski definition) is 4. The molecule has 2 aromatic rings. The Bertz CT molecular complexity index is 1070. The van der Waals surface area contributed by atoms with E-state index in [1.54, 1.807) is 14.9 Å². The molecule has 0 amide bonds. The van der Waals surface area contributed by atoms with Crippen LogP contribution in [0.1, 0.15) is 76.5 Å². The number of rotatable bonds is 7. The number of imidazole rings is 1. The maximum absolute atomic E-state index is 14.0. The van der Waals surface area contributed by atoms with Crippen LogP contribution in [0.3, 0.4) is 0 Å². The summed E-state index contributed by atoms with van der Waals surface area (Å²) in [6.07, 6.45) is 12.9. The van der Waals surface area contributed by atoms with Crippen LogP contribution in [0.15, 0.2) is 36.8 Å². The van der Waals surface area contributed by atoms with Gasteiger partial charge in [-0.15, -0.1) is 0 Å². The fourth-order valence-corrected chi connectivity index (χ4v) is 7.75. The molecule has 0 unspecified atom stereocenters. The standard InChI is InChI=1S/C27H41N5O2S/c1-27(2)13-15-30(16-14-27)35(33,34)31-18-23-9-5-6-10-26(23)32(19-24-17-28-21-29-24)25(20-31)12-11-22-7-3-4-8-22/h5-6,9-10,17,21-22,25H,3-4,7-8,11-16,18-20H2,1-2H3,(H,28,29)/t25-/m1/s1. The largest absolute Gasteiger partial charge is 0.361 e. The van der Waals surface area contributed by atoms with Crippen molar-refractivity contribution < 1.29 is 8.42 Å². The number of piperidine rings is 1. The van der Waals surface area contributed by atoms with Crippen molar-refractivity contribution in [2.45, 2.75) is 84.3 Å². The Hall–Kier alpha value is -1.90. The number of H-pyrrole nitrogens is 1. The molecule has 35 heavy (non-hydrogen) atoms. The Morgan fingerprint density at radius 3 is 2.51 bits per heavy atom. The topological polar surface area (TPSA) is 72.5 Å². The molecule has 5 rings (SSSR count). The molecule has 192 valence electrons. The van der Waals surface area contributed by atoms with Crippen molar-refractivity contribution >= 4 is 15.9 Å². The molecule has 1 aliphatic carbocycles. The summed E-state index contributed by atoms with van der Waals surface area (Å²) in [6.45, 7) is 7.36. The average Bonchev–Trinajstić information content (AvgIpc) is 3.51. The van der Waals surface area contributed by atoms with Crippen LogP contribution >= 0.6 is 0 Å². The van der Waals surface area contributed by atoms with Crippen molar-refractivity contribution in [3.05, 3.63) is 48.0 Å². The predicted molar refractivity (Wildman–Crippen MR) is 140 cm³/mol. The highest BCUT2D eigenvalue weighted by atomic mass is 32.2. The van der Waals surface area contributed by atoms with Gasteiger partial charge in [-0.25, -0.2) is 4.98 Å². The van der Waals surface area contributed by atoms with E-state index >= 15 is 0 Å². The van der Waals surface area contributed by atoms with Gasteiger partial charge in [-0.05, 0) is 48.6 Å². The quantitative estimate of drug-likeness (QED) is 0.586. The third kappa shape index (κ3) is 5.59. The molecule has 8 heteroatoms. The monoisotopic (exact) mass is 499 g/mol. The van der Waals surface area contributed by atoms with Crippen LogP contribution in [-0.2, 0) is 23.3 Å². The summed E-state index contributed by atoms with van der Waals surface area (Å²) in [5.41, 5.74) is 3.50. The van der Waals surface area contributed by atoms with E-state index in [0.29, 0.717) is 32.7 Å². The second-order valence-electron chi connectivity index (χ2n) is 11.6. The number of aromatic nitrogens is 2. The summed E-state index contributed by atoms with van der Waals surface area (Å²) in [6, 6.07) is 8.48. The maximum atomic E-state index is 14.0. The molecule has 0 radical (unpaired) electrons. The van der Waals surface area contributed by atoms with Gasteiger partial charge >= 0.3 is 0 Å². The van der Waals surface area contributed by atoms with Crippen LogP contribution in [0.2, 0.25) is 0 Å². The van der Waals surface area contributed by atoms with Gasteiger partial charge in [-0.2, -0.15) is 17.0 Å². The highest BCUT2D eigenvalue weighted by molar-refractivity contribution is 7.86. The zero-order valence-electron chi connectivity index (χ0n) is 21.3. The number of anilines is 1. The molecule has 7 nitrogen and oxygen atoms in total. The lowest BCUT2D eigenvalue weighted by Gasteiger charge is -2.39. The van der Waals surface area contributed by atoms with Gasteiger partial charge in [0.2, 0.25) is 0 Å². The summed E-state index contributed by atoms with van der Waals surface area (Å²) in [5, 5.41) is 0. The first-order valence-corrected chi connectivity index (χ1v) is 14.8. The molecule has 2 fully saturated rings. The fourth-order valence-electron chi connectivity index (χ4n) is 6.11. The third-order valence-corrected chi connectivity index (χ3v) is 10.5. The van der Waals surface area contributed by atoms with Crippen molar-refractivity contribution in [1.29, 1.82) is 0 Å². The average molecular weight is 500 g/mol. The van der Waals surface area contributed by atoms with E-state index in [4.69, 9.17) is 0 Å².